The Kier molecular flexibility index (Phi) is 4.43. The number of aromatic amines is 1. The zero-order valence-electron chi connectivity index (χ0n) is 9.64. The Morgan fingerprint density at radius 3 is 2.53 bits per heavy atom. The van der Waals surface area contributed by atoms with Gasteiger partial charge in [-0.3, -0.25) is 4.98 Å². The van der Waals surface area contributed by atoms with Gasteiger partial charge in [0.05, 0.1) is 18.0 Å². The Morgan fingerprint density at radius 2 is 2.05 bits per heavy atom. The summed E-state index contributed by atoms with van der Waals surface area (Å²) >= 11 is 0. The van der Waals surface area contributed by atoms with Crippen molar-refractivity contribution in [1.82, 2.24) is 15.0 Å². The fourth-order valence-corrected chi connectivity index (χ4v) is 1.04. The molecule has 2 aromatic rings. The highest BCUT2D eigenvalue weighted by atomic mass is 19.4. The molecule has 3 N–H and O–H groups in total. The van der Waals surface area contributed by atoms with Crippen molar-refractivity contribution in [2.75, 3.05) is 0 Å². The van der Waals surface area contributed by atoms with Gasteiger partial charge in [0, 0.05) is 6.20 Å². The second-order valence-corrected chi connectivity index (χ2v) is 3.49. The number of rotatable bonds is 1. The van der Waals surface area contributed by atoms with Crippen LogP contribution in [0.25, 0.3) is 11.2 Å². The van der Waals surface area contributed by atoms with E-state index in [0.29, 0.717) is 11.3 Å². The maximum atomic E-state index is 10.6. The number of alkyl halides is 3. The van der Waals surface area contributed by atoms with Gasteiger partial charge in [-0.25, -0.2) is 9.78 Å². The van der Waals surface area contributed by atoms with E-state index >= 15 is 0 Å². The molecule has 0 aromatic carbocycles. The van der Waals surface area contributed by atoms with Crippen molar-refractivity contribution in [2.45, 2.75) is 19.2 Å². The molecule has 19 heavy (non-hydrogen) atoms. The third-order valence-electron chi connectivity index (χ3n) is 1.95. The van der Waals surface area contributed by atoms with Crippen LogP contribution >= 0.6 is 0 Å². The number of fused-ring (bicyclic) bond motifs is 1. The van der Waals surface area contributed by atoms with E-state index in [0.717, 1.165) is 5.52 Å². The molecule has 2 aromatic heterocycles. The molecule has 0 saturated carbocycles. The number of carboxylic acids is 1. The molecule has 0 amide bonds. The standard InChI is InChI=1S/C8H9N3O.C2HF3O2/c1-5(12)7-4-10-6-2-3-9-8(6)11-7;3-2(4,5)1(6)7/h2-5,12H,1H3,(H,9,11);(H,6,7). The largest absolute Gasteiger partial charge is 0.490 e. The smallest absolute Gasteiger partial charge is 0.475 e. The van der Waals surface area contributed by atoms with Gasteiger partial charge in [0.2, 0.25) is 0 Å². The van der Waals surface area contributed by atoms with Gasteiger partial charge in [-0.05, 0) is 13.0 Å². The maximum absolute atomic E-state index is 10.6. The monoisotopic (exact) mass is 277 g/mol. The Labute approximate surface area is 104 Å². The number of aliphatic hydroxyl groups is 1. The summed E-state index contributed by atoms with van der Waals surface area (Å²) in [4.78, 5) is 20.1. The summed E-state index contributed by atoms with van der Waals surface area (Å²) in [5, 5.41) is 16.3. The summed E-state index contributed by atoms with van der Waals surface area (Å²) in [6.07, 6.45) is -2.29. The van der Waals surface area contributed by atoms with E-state index in [1.165, 1.54) is 0 Å². The highest BCUT2D eigenvalue weighted by Crippen LogP contribution is 2.13. The number of carboxylic acid groups (broad SMARTS) is 1. The van der Waals surface area contributed by atoms with Gasteiger partial charge in [-0.1, -0.05) is 0 Å². The topological polar surface area (TPSA) is 99.1 Å². The normalized spacial score (nSPS) is 12.7. The minimum atomic E-state index is -5.08. The first kappa shape index (κ1) is 14.9. The summed E-state index contributed by atoms with van der Waals surface area (Å²) in [6.45, 7) is 1.67. The third-order valence-corrected chi connectivity index (χ3v) is 1.95. The predicted octanol–water partition coefficient (Wildman–Crippen LogP) is 1.64. The number of aliphatic carboxylic acids is 1. The van der Waals surface area contributed by atoms with Crippen LogP contribution in [-0.4, -0.2) is 37.3 Å². The quantitative estimate of drug-likeness (QED) is 0.736. The van der Waals surface area contributed by atoms with Crippen LogP contribution in [0.2, 0.25) is 0 Å². The first-order chi connectivity index (χ1) is 8.71. The number of hydrogen-bond acceptors (Lipinski definition) is 4. The molecule has 0 saturated heterocycles. The molecular weight excluding hydrogens is 267 g/mol. The lowest BCUT2D eigenvalue weighted by molar-refractivity contribution is -0.192. The highest BCUT2D eigenvalue weighted by molar-refractivity contribution is 5.73. The lowest BCUT2D eigenvalue weighted by atomic mass is 10.3. The number of halogens is 3. The summed E-state index contributed by atoms with van der Waals surface area (Å²) in [7, 11) is 0. The first-order valence-electron chi connectivity index (χ1n) is 5.00. The summed E-state index contributed by atoms with van der Waals surface area (Å²) in [5.41, 5.74) is 2.12. The fraction of sp³-hybridized carbons (Fsp3) is 0.300. The van der Waals surface area contributed by atoms with E-state index < -0.39 is 18.2 Å². The Hall–Kier alpha value is -2.16. The molecule has 0 fully saturated rings. The molecule has 0 aliphatic heterocycles. The van der Waals surface area contributed by atoms with Crippen LogP contribution in [0.15, 0.2) is 18.5 Å². The molecule has 1 atom stereocenters. The zero-order chi connectivity index (χ0) is 14.6. The zero-order valence-corrected chi connectivity index (χ0v) is 9.64. The lowest BCUT2D eigenvalue weighted by Crippen LogP contribution is -2.21. The molecular formula is C10H10F3N3O3. The van der Waals surface area contributed by atoms with E-state index in [1.807, 2.05) is 6.07 Å². The molecule has 0 radical (unpaired) electrons. The van der Waals surface area contributed by atoms with E-state index in [1.54, 1.807) is 19.3 Å². The van der Waals surface area contributed by atoms with Crippen molar-refractivity contribution in [3.05, 3.63) is 24.2 Å². The molecule has 0 spiro atoms. The van der Waals surface area contributed by atoms with Crippen molar-refractivity contribution in [3.8, 4) is 0 Å². The van der Waals surface area contributed by atoms with E-state index in [-0.39, 0.29) is 0 Å². The molecule has 104 valence electrons. The number of hydrogen-bond donors (Lipinski definition) is 3. The van der Waals surface area contributed by atoms with Gasteiger partial charge >= 0.3 is 12.1 Å². The fourth-order valence-electron chi connectivity index (χ4n) is 1.04. The minimum absolute atomic E-state index is 0.565. The molecule has 0 aliphatic carbocycles. The van der Waals surface area contributed by atoms with Crippen LogP contribution in [0.1, 0.15) is 18.7 Å². The molecule has 9 heteroatoms. The van der Waals surface area contributed by atoms with Gasteiger partial charge < -0.3 is 15.2 Å². The van der Waals surface area contributed by atoms with Gasteiger partial charge in [-0.2, -0.15) is 13.2 Å². The van der Waals surface area contributed by atoms with Crippen LogP contribution in [0.3, 0.4) is 0 Å². The molecule has 0 aliphatic rings. The Bertz CT molecular complexity index is 566. The maximum Gasteiger partial charge on any atom is 0.490 e. The Morgan fingerprint density at radius 1 is 1.47 bits per heavy atom. The van der Waals surface area contributed by atoms with Crippen LogP contribution < -0.4 is 0 Å². The second kappa shape index (κ2) is 5.65. The lowest BCUT2D eigenvalue weighted by Gasteiger charge is -2.01. The SMILES string of the molecule is CC(O)c1cnc2cc[nH]c2n1.O=C(O)C(F)(F)F. The van der Waals surface area contributed by atoms with Crippen LogP contribution in [0.4, 0.5) is 13.2 Å². The van der Waals surface area contributed by atoms with Gasteiger partial charge in [0.25, 0.3) is 0 Å². The van der Waals surface area contributed by atoms with Gasteiger partial charge in [-0.15, -0.1) is 0 Å². The third kappa shape index (κ3) is 4.21. The minimum Gasteiger partial charge on any atom is -0.475 e. The van der Waals surface area contributed by atoms with Gasteiger partial charge in [0.1, 0.15) is 5.52 Å². The summed E-state index contributed by atoms with van der Waals surface area (Å²) in [5.74, 6) is -2.76. The average Bonchev–Trinajstić information content (AvgIpc) is 2.74. The molecule has 1 unspecified atom stereocenters. The second-order valence-electron chi connectivity index (χ2n) is 3.49. The molecule has 2 heterocycles. The van der Waals surface area contributed by atoms with Crippen molar-refractivity contribution in [2.24, 2.45) is 0 Å². The summed E-state index contributed by atoms with van der Waals surface area (Å²) in [6, 6.07) is 1.84. The van der Waals surface area contributed by atoms with E-state index in [4.69, 9.17) is 9.90 Å². The number of nitrogens with one attached hydrogen (secondary N) is 1. The Balaban J connectivity index is 0.000000224. The van der Waals surface area contributed by atoms with E-state index in [2.05, 4.69) is 15.0 Å². The first-order valence-corrected chi connectivity index (χ1v) is 5.00. The van der Waals surface area contributed by atoms with Crippen molar-refractivity contribution in [1.29, 1.82) is 0 Å². The molecule has 0 bridgehead atoms. The molecule has 6 nitrogen and oxygen atoms in total. The van der Waals surface area contributed by atoms with Crippen LogP contribution in [0, 0.1) is 0 Å². The molecule has 2 rings (SSSR count). The number of aromatic nitrogens is 3. The number of carbonyl (C=O) groups is 1. The highest BCUT2D eigenvalue weighted by Gasteiger charge is 2.38. The van der Waals surface area contributed by atoms with Crippen LogP contribution in [0.5, 0.6) is 0 Å². The van der Waals surface area contributed by atoms with Gasteiger partial charge in [0.15, 0.2) is 5.65 Å². The van der Waals surface area contributed by atoms with Crippen molar-refractivity contribution < 1.29 is 28.2 Å². The summed E-state index contributed by atoms with van der Waals surface area (Å²) < 4.78 is 31.7. The van der Waals surface area contributed by atoms with Crippen molar-refractivity contribution >= 4 is 17.1 Å². The van der Waals surface area contributed by atoms with Crippen molar-refractivity contribution in [3.63, 3.8) is 0 Å². The average molecular weight is 277 g/mol. The number of aliphatic hydroxyl groups excluding tert-OH is 1. The predicted molar refractivity (Wildman–Crippen MR) is 58.2 cm³/mol. The van der Waals surface area contributed by atoms with E-state index in [9.17, 15) is 18.3 Å². The van der Waals surface area contributed by atoms with Crippen LogP contribution in [-0.2, 0) is 4.79 Å². The number of H-pyrrole nitrogens is 1. The number of nitrogens with zero attached hydrogens (tertiary/aromatic N) is 2.